The molecule has 1 nitrogen and oxygen atoms in total. The molecule has 0 aliphatic heterocycles. The van der Waals surface area contributed by atoms with Crippen LogP contribution in [0.15, 0.2) is 48.5 Å². The van der Waals surface area contributed by atoms with Crippen LogP contribution in [0.3, 0.4) is 0 Å². The van der Waals surface area contributed by atoms with E-state index in [0.717, 1.165) is 18.2 Å². The van der Waals surface area contributed by atoms with Gasteiger partial charge < -0.3 is 5.32 Å². The molecule has 0 heterocycles. The molecule has 0 atom stereocenters. The minimum atomic E-state index is -0.202. The van der Waals surface area contributed by atoms with E-state index in [2.05, 4.69) is 29.6 Å². The molecule has 18 heavy (non-hydrogen) atoms. The molecular formula is C16H16FN. The largest absolute Gasteiger partial charge is 0.381 e. The zero-order valence-electron chi connectivity index (χ0n) is 10.2. The van der Waals surface area contributed by atoms with Crippen molar-refractivity contribution in [2.75, 3.05) is 5.32 Å². The summed E-state index contributed by atoms with van der Waals surface area (Å²) in [6.45, 7) is 0.740. The van der Waals surface area contributed by atoms with E-state index in [1.54, 1.807) is 6.07 Å². The second kappa shape index (κ2) is 4.81. The van der Waals surface area contributed by atoms with Crippen LogP contribution in [0.1, 0.15) is 29.9 Å². The van der Waals surface area contributed by atoms with Gasteiger partial charge in [-0.1, -0.05) is 30.3 Å². The van der Waals surface area contributed by atoms with Gasteiger partial charge >= 0.3 is 0 Å². The first-order valence-electron chi connectivity index (χ1n) is 6.39. The summed E-state index contributed by atoms with van der Waals surface area (Å²) in [6.07, 6.45) is 2.64. The van der Waals surface area contributed by atoms with E-state index in [4.69, 9.17) is 0 Å². The van der Waals surface area contributed by atoms with Crippen molar-refractivity contribution in [1.82, 2.24) is 0 Å². The van der Waals surface area contributed by atoms with E-state index >= 15 is 0 Å². The van der Waals surface area contributed by atoms with Gasteiger partial charge in [0.15, 0.2) is 0 Å². The number of hydrogen-bond acceptors (Lipinski definition) is 1. The van der Waals surface area contributed by atoms with Gasteiger partial charge in [-0.25, -0.2) is 4.39 Å². The Morgan fingerprint density at radius 1 is 1.06 bits per heavy atom. The highest BCUT2D eigenvalue weighted by Crippen LogP contribution is 2.40. The molecule has 1 saturated carbocycles. The number of hydrogen-bond donors (Lipinski definition) is 1. The van der Waals surface area contributed by atoms with Crippen molar-refractivity contribution < 1.29 is 4.39 Å². The first-order valence-corrected chi connectivity index (χ1v) is 6.39. The predicted molar refractivity (Wildman–Crippen MR) is 72.1 cm³/mol. The Labute approximate surface area is 107 Å². The van der Waals surface area contributed by atoms with E-state index in [1.165, 1.54) is 36.1 Å². The van der Waals surface area contributed by atoms with Gasteiger partial charge in [-0.2, -0.15) is 0 Å². The van der Waals surface area contributed by atoms with Gasteiger partial charge in [0.25, 0.3) is 0 Å². The number of rotatable bonds is 4. The fraction of sp³-hybridized carbons (Fsp3) is 0.250. The van der Waals surface area contributed by atoms with Gasteiger partial charge in [0.1, 0.15) is 5.82 Å². The minimum Gasteiger partial charge on any atom is -0.381 e. The Kier molecular flexibility index (Phi) is 3.01. The van der Waals surface area contributed by atoms with E-state index in [-0.39, 0.29) is 5.82 Å². The quantitative estimate of drug-likeness (QED) is 0.840. The summed E-state index contributed by atoms with van der Waals surface area (Å²) >= 11 is 0. The van der Waals surface area contributed by atoms with Gasteiger partial charge in [-0.05, 0) is 48.1 Å². The average Bonchev–Trinajstić information content (AvgIpc) is 3.21. The second-order valence-corrected chi connectivity index (χ2v) is 4.88. The molecule has 0 spiro atoms. The molecule has 2 aromatic rings. The monoisotopic (exact) mass is 241 g/mol. The summed E-state index contributed by atoms with van der Waals surface area (Å²) in [7, 11) is 0. The first-order chi connectivity index (χ1) is 8.81. The highest BCUT2D eigenvalue weighted by Gasteiger charge is 2.23. The third-order valence-electron chi connectivity index (χ3n) is 3.32. The van der Waals surface area contributed by atoms with Crippen LogP contribution in [-0.4, -0.2) is 0 Å². The molecule has 2 heteroatoms. The smallest absolute Gasteiger partial charge is 0.125 e. The van der Waals surface area contributed by atoms with Crippen molar-refractivity contribution in [3.8, 4) is 0 Å². The fourth-order valence-electron chi connectivity index (χ4n) is 2.18. The Bertz CT molecular complexity index is 546. The molecule has 0 radical (unpaired) electrons. The second-order valence-electron chi connectivity index (χ2n) is 4.88. The van der Waals surface area contributed by atoms with Gasteiger partial charge in [0.05, 0.1) is 0 Å². The summed E-state index contributed by atoms with van der Waals surface area (Å²) in [5.41, 5.74) is 3.52. The molecule has 1 aliphatic rings. The number of nitrogens with one attached hydrogen (secondary N) is 1. The van der Waals surface area contributed by atoms with E-state index in [0.29, 0.717) is 0 Å². The molecule has 1 aliphatic carbocycles. The van der Waals surface area contributed by atoms with Crippen molar-refractivity contribution in [1.29, 1.82) is 0 Å². The SMILES string of the molecule is Fc1cccc(NCc2cccc(C3CC3)c2)c1. The lowest BCUT2D eigenvalue weighted by Crippen LogP contribution is -2.00. The van der Waals surface area contributed by atoms with E-state index in [1.807, 2.05) is 6.07 Å². The van der Waals surface area contributed by atoms with Crippen LogP contribution in [0.2, 0.25) is 0 Å². The van der Waals surface area contributed by atoms with Crippen LogP contribution in [0.25, 0.3) is 0 Å². The lowest BCUT2D eigenvalue weighted by molar-refractivity contribution is 0.628. The summed E-state index contributed by atoms with van der Waals surface area (Å²) in [6, 6.07) is 15.2. The van der Waals surface area contributed by atoms with Crippen LogP contribution in [0.5, 0.6) is 0 Å². The van der Waals surface area contributed by atoms with Crippen molar-refractivity contribution in [2.24, 2.45) is 0 Å². The molecule has 0 amide bonds. The molecule has 0 bridgehead atoms. The van der Waals surface area contributed by atoms with Crippen LogP contribution < -0.4 is 5.32 Å². The standard InChI is InChI=1S/C16H16FN/c17-15-5-2-6-16(10-15)18-11-12-3-1-4-14(9-12)13-7-8-13/h1-6,9-10,13,18H,7-8,11H2. The van der Waals surface area contributed by atoms with Crippen molar-refractivity contribution in [2.45, 2.75) is 25.3 Å². The lowest BCUT2D eigenvalue weighted by atomic mass is 10.1. The van der Waals surface area contributed by atoms with Crippen LogP contribution in [0, 0.1) is 5.82 Å². The molecule has 1 fully saturated rings. The summed E-state index contributed by atoms with van der Waals surface area (Å²) in [5, 5.41) is 3.25. The maximum Gasteiger partial charge on any atom is 0.125 e. The van der Waals surface area contributed by atoms with Crippen molar-refractivity contribution in [3.05, 3.63) is 65.5 Å². The predicted octanol–water partition coefficient (Wildman–Crippen LogP) is 4.32. The summed E-state index contributed by atoms with van der Waals surface area (Å²) in [5.74, 6) is 0.575. The lowest BCUT2D eigenvalue weighted by Gasteiger charge is -2.08. The van der Waals surface area contributed by atoms with E-state index < -0.39 is 0 Å². The number of halogens is 1. The highest BCUT2D eigenvalue weighted by atomic mass is 19.1. The molecule has 92 valence electrons. The Hall–Kier alpha value is -1.83. The van der Waals surface area contributed by atoms with Crippen LogP contribution in [0.4, 0.5) is 10.1 Å². The van der Waals surface area contributed by atoms with E-state index in [9.17, 15) is 4.39 Å². The van der Waals surface area contributed by atoms with Crippen LogP contribution >= 0.6 is 0 Å². The fourth-order valence-corrected chi connectivity index (χ4v) is 2.18. The number of anilines is 1. The van der Waals surface area contributed by atoms with Gasteiger partial charge in [0.2, 0.25) is 0 Å². The highest BCUT2D eigenvalue weighted by molar-refractivity contribution is 5.44. The van der Waals surface area contributed by atoms with Gasteiger partial charge in [0, 0.05) is 12.2 Å². The first kappa shape index (κ1) is 11.3. The third kappa shape index (κ3) is 2.70. The summed E-state index contributed by atoms with van der Waals surface area (Å²) < 4.78 is 13.0. The molecule has 2 aromatic carbocycles. The van der Waals surface area contributed by atoms with Crippen LogP contribution in [-0.2, 0) is 6.54 Å². The van der Waals surface area contributed by atoms with Crippen molar-refractivity contribution in [3.63, 3.8) is 0 Å². The number of benzene rings is 2. The zero-order valence-corrected chi connectivity index (χ0v) is 10.2. The zero-order chi connectivity index (χ0) is 12.4. The maximum absolute atomic E-state index is 13.0. The molecule has 0 saturated heterocycles. The Morgan fingerprint density at radius 3 is 2.67 bits per heavy atom. The van der Waals surface area contributed by atoms with Gasteiger partial charge in [-0.3, -0.25) is 0 Å². The topological polar surface area (TPSA) is 12.0 Å². The molecular weight excluding hydrogens is 225 g/mol. The maximum atomic E-state index is 13.0. The molecule has 0 unspecified atom stereocenters. The summed E-state index contributed by atoms with van der Waals surface area (Å²) in [4.78, 5) is 0. The van der Waals surface area contributed by atoms with Crippen molar-refractivity contribution >= 4 is 5.69 Å². The third-order valence-corrected chi connectivity index (χ3v) is 3.32. The molecule has 3 rings (SSSR count). The Balaban J connectivity index is 1.67. The normalized spacial score (nSPS) is 14.5. The Morgan fingerprint density at radius 2 is 1.89 bits per heavy atom. The average molecular weight is 241 g/mol. The molecule has 1 N–H and O–H groups in total. The minimum absolute atomic E-state index is 0.202. The molecule has 0 aromatic heterocycles. The van der Waals surface area contributed by atoms with Gasteiger partial charge in [-0.15, -0.1) is 0 Å².